The number of anilines is 2. The molecule has 98 valence electrons. The Morgan fingerprint density at radius 3 is 2.74 bits per heavy atom. The number of carbonyl (C=O) groups is 2. The van der Waals surface area contributed by atoms with E-state index in [1.807, 2.05) is 0 Å². The van der Waals surface area contributed by atoms with Gasteiger partial charge >= 0.3 is 12.0 Å². The highest BCUT2D eigenvalue weighted by Gasteiger charge is 2.09. The van der Waals surface area contributed by atoms with Gasteiger partial charge in [-0.1, -0.05) is 18.2 Å². The van der Waals surface area contributed by atoms with E-state index in [1.54, 1.807) is 35.8 Å². The molecule has 0 fully saturated rings. The molecule has 0 aliphatic rings. The van der Waals surface area contributed by atoms with Crippen LogP contribution in [-0.2, 0) is 11.2 Å². The molecule has 7 heteroatoms. The maximum absolute atomic E-state index is 11.7. The zero-order valence-electron chi connectivity index (χ0n) is 9.79. The smallest absolute Gasteiger partial charge is 0.325 e. The Labute approximate surface area is 113 Å². The van der Waals surface area contributed by atoms with Gasteiger partial charge in [0, 0.05) is 17.3 Å². The fourth-order valence-corrected chi connectivity index (χ4v) is 2.02. The van der Waals surface area contributed by atoms with Crippen LogP contribution in [-0.4, -0.2) is 22.1 Å². The van der Waals surface area contributed by atoms with Crippen LogP contribution in [0.25, 0.3) is 0 Å². The first-order valence-electron chi connectivity index (χ1n) is 5.42. The lowest BCUT2D eigenvalue weighted by Crippen LogP contribution is -2.20. The van der Waals surface area contributed by atoms with Crippen molar-refractivity contribution in [2.45, 2.75) is 6.42 Å². The second-order valence-electron chi connectivity index (χ2n) is 3.64. The first-order chi connectivity index (χ1) is 9.15. The normalized spacial score (nSPS) is 9.89. The van der Waals surface area contributed by atoms with Gasteiger partial charge in [-0.25, -0.2) is 9.78 Å². The predicted octanol–water partition coefficient (Wildman–Crippen LogP) is 2.41. The van der Waals surface area contributed by atoms with Crippen molar-refractivity contribution in [1.29, 1.82) is 0 Å². The minimum Gasteiger partial charge on any atom is -0.481 e. The fraction of sp³-hybridized carbons (Fsp3) is 0.0833. The van der Waals surface area contributed by atoms with E-state index in [0.29, 0.717) is 16.4 Å². The summed E-state index contributed by atoms with van der Waals surface area (Å²) in [6.45, 7) is 0. The highest BCUT2D eigenvalue weighted by atomic mass is 32.1. The van der Waals surface area contributed by atoms with Crippen LogP contribution >= 0.6 is 11.3 Å². The number of nitrogens with zero attached hydrogens (tertiary/aromatic N) is 1. The number of urea groups is 1. The van der Waals surface area contributed by atoms with Gasteiger partial charge in [-0.15, -0.1) is 11.3 Å². The van der Waals surface area contributed by atoms with Gasteiger partial charge in [0.15, 0.2) is 5.13 Å². The molecular formula is C12H11N3O3S. The molecule has 1 aromatic heterocycles. The summed E-state index contributed by atoms with van der Waals surface area (Å²) in [6, 6.07) is 6.31. The van der Waals surface area contributed by atoms with Gasteiger partial charge in [-0.3, -0.25) is 10.1 Å². The predicted molar refractivity (Wildman–Crippen MR) is 72.5 cm³/mol. The number of aromatic nitrogens is 1. The van der Waals surface area contributed by atoms with Crippen molar-refractivity contribution in [2.75, 3.05) is 10.6 Å². The summed E-state index contributed by atoms with van der Waals surface area (Å²) >= 11 is 1.30. The van der Waals surface area contributed by atoms with Crippen LogP contribution < -0.4 is 10.6 Å². The van der Waals surface area contributed by atoms with Crippen molar-refractivity contribution < 1.29 is 14.7 Å². The average molecular weight is 277 g/mol. The van der Waals surface area contributed by atoms with Crippen LogP contribution in [0.4, 0.5) is 15.6 Å². The largest absolute Gasteiger partial charge is 0.481 e. The van der Waals surface area contributed by atoms with Gasteiger partial charge in [-0.05, 0) is 11.6 Å². The number of carbonyl (C=O) groups excluding carboxylic acids is 1. The van der Waals surface area contributed by atoms with Gasteiger partial charge < -0.3 is 10.4 Å². The maximum atomic E-state index is 11.7. The van der Waals surface area contributed by atoms with Crippen molar-refractivity contribution in [2.24, 2.45) is 0 Å². The minimum atomic E-state index is -0.949. The Balaban J connectivity index is 2.06. The number of thiazole rings is 1. The first kappa shape index (κ1) is 13.0. The van der Waals surface area contributed by atoms with Crippen molar-refractivity contribution in [3.8, 4) is 0 Å². The van der Waals surface area contributed by atoms with E-state index in [-0.39, 0.29) is 6.42 Å². The Hall–Kier alpha value is -2.41. The van der Waals surface area contributed by atoms with Crippen LogP contribution in [0.1, 0.15) is 5.56 Å². The second kappa shape index (κ2) is 5.96. The number of carboxylic acid groups (broad SMARTS) is 1. The lowest BCUT2D eigenvalue weighted by atomic mass is 10.1. The van der Waals surface area contributed by atoms with E-state index < -0.39 is 12.0 Å². The summed E-state index contributed by atoms with van der Waals surface area (Å²) in [5.41, 5.74) is 1.02. The van der Waals surface area contributed by atoms with Crippen molar-refractivity contribution in [3.05, 3.63) is 41.4 Å². The van der Waals surface area contributed by atoms with Crippen molar-refractivity contribution in [3.63, 3.8) is 0 Å². The molecule has 2 rings (SSSR count). The lowest BCUT2D eigenvalue weighted by molar-refractivity contribution is -0.136. The number of hydrogen-bond donors (Lipinski definition) is 3. The number of rotatable bonds is 4. The fourth-order valence-electron chi connectivity index (χ4n) is 1.50. The third kappa shape index (κ3) is 3.78. The summed E-state index contributed by atoms with van der Waals surface area (Å²) in [7, 11) is 0. The zero-order chi connectivity index (χ0) is 13.7. The molecule has 0 spiro atoms. The maximum Gasteiger partial charge on any atom is 0.325 e. The molecule has 2 amide bonds. The number of nitrogens with one attached hydrogen (secondary N) is 2. The van der Waals surface area contributed by atoms with Crippen molar-refractivity contribution >= 4 is 34.2 Å². The van der Waals surface area contributed by atoms with Crippen LogP contribution in [0.15, 0.2) is 35.8 Å². The average Bonchev–Trinajstić information content (AvgIpc) is 2.83. The quantitative estimate of drug-likeness (QED) is 0.800. The topological polar surface area (TPSA) is 91.3 Å². The van der Waals surface area contributed by atoms with E-state index in [0.717, 1.165) is 0 Å². The molecule has 2 aromatic rings. The SMILES string of the molecule is O=C(O)Cc1ccccc1NC(=O)Nc1nccs1. The van der Waals surface area contributed by atoms with E-state index in [9.17, 15) is 9.59 Å². The van der Waals surface area contributed by atoms with Crippen LogP contribution in [0, 0.1) is 0 Å². The standard InChI is InChI=1S/C12H11N3O3S/c16-10(17)7-8-3-1-2-4-9(8)14-11(18)15-12-13-5-6-19-12/h1-6H,7H2,(H,16,17)(H2,13,14,15,18). The van der Waals surface area contributed by atoms with Crippen LogP contribution in [0.3, 0.4) is 0 Å². The molecule has 0 aliphatic carbocycles. The number of aliphatic carboxylic acids is 1. The molecule has 1 aromatic carbocycles. The molecule has 0 atom stereocenters. The van der Waals surface area contributed by atoms with Gasteiger partial charge in [0.2, 0.25) is 0 Å². The number of para-hydroxylation sites is 1. The molecule has 0 aliphatic heterocycles. The summed E-state index contributed by atoms with van der Waals surface area (Å²) in [5, 5.41) is 16.2. The lowest BCUT2D eigenvalue weighted by Gasteiger charge is -2.09. The van der Waals surface area contributed by atoms with E-state index in [2.05, 4.69) is 15.6 Å². The third-order valence-corrected chi connectivity index (χ3v) is 2.95. The Bertz CT molecular complexity index is 584. The number of benzene rings is 1. The van der Waals surface area contributed by atoms with E-state index >= 15 is 0 Å². The summed E-state index contributed by atoms with van der Waals surface area (Å²) in [4.78, 5) is 26.4. The summed E-state index contributed by atoms with van der Waals surface area (Å²) in [5.74, 6) is -0.949. The highest BCUT2D eigenvalue weighted by Crippen LogP contribution is 2.17. The second-order valence-corrected chi connectivity index (χ2v) is 4.54. The molecule has 0 saturated carbocycles. The summed E-state index contributed by atoms with van der Waals surface area (Å²) < 4.78 is 0. The Morgan fingerprint density at radius 1 is 1.26 bits per heavy atom. The molecule has 0 bridgehead atoms. The monoisotopic (exact) mass is 277 g/mol. The van der Waals surface area contributed by atoms with E-state index in [4.69, 9.17) is 5.11 Å². The first-order valence-corrected chi connectivity index (χ1v) is 6.30. The van der Waals surface area contributed by atoms with Gasteiger partial charge in [0.1, 0.15) is 0 Å². The number of hydrogen-bond acceptors (Lipinski definition) is 4. The van der Waals surface area contributed by atoms with Crippen LogP contribution in [0.5, 0.6) is 0 Å². The van der Waals surface area contributed by atoms with E-state index in [1.165, 1.54) is 11.3 Å². The molecule has 0 unspecified atom stereocenters. The van der Waals surface area contributed by atoms with Gasteiger partial charge in [0.05, 0.1) is 6.42 Å². The Kier molecular flexibility index (Phi) is 4.09. The Morgan fingerprint density at radius 2 is 2.05 bits per heavy atom. The molecule has 0 radical (unpaired) electrons. The zero-order valence-corrected chi connectivity index (χ0v) is 10.6. The van der Waals surface area contributed by atoms with Crippen molar-refractivity contribution in [1.82, 2.24) is 4.98 Å². The minimum absolute atomic E-state index is 0.145. The molecule has 3 N–H and O–H groups in total. The number of amides is 2. The summed E-state index contributed by atoms with van der Waals surface area (Å²) in [6.07, 6.45) is 1.44. The molecule has 19 heavy (non-hydrogen) atoms. The van der Waals surface area contributed by atoms with Gasteiger partial charge in [0.25, 0.3) is 0 Å². The highest BCUT2D eigenvalue weighted by molar-refractivity contribution is 7.13. The molecule has 0 saturated heterocycles. The molecule has 6 nitrogen and oxygen atoms in total. The number of carboxylic acids is 1. The van der Waals surface area contributed by atoms with Gasteiger partial charge in [-0.2, -0.15) is 0 Å². The molecule has 1 heterocycles. The third-order valence-electron chi connectivity index (χ3n) is 2.26. The van der Waals surface area contributed by atoms with Crippen LogP contribution in [0.2, 0.25) is 0 Å². The molecular weight excluding hydrogens is 266 g/mol.